The van der Waals surface area contributed by atoms with Crippen molar-refractivity contribution in [1.82, 2.24) is 20.5 Å². The second-order valence-electron chi connectivity index (χ2n) is 8.56. The van der Waals surface area contributed by atoms with Crippen LogP contribution in [0.2, 0.25) is 0 Å². The van der Waals surface area contributed by atoms with Crippen molar-refractivity contribution < 1.29 is 32.3 Å². The zero-order valence-electron chi connectivity index (χ0n) is 17.9. The van der Waals surface area contributed by atoms with Gasteiger partial charge in [-0.25, -0.2) is 14.6 Å². The van der Waals surface area contributed by atoms with Gasteiger partial charge in [-0.15, -0.1) is 11.3 Å². The Kier molecular flexibility index (Phi) is 6.14. The van der Waals surface area contributed by atoms with Gasteiger partial charge in [-0.2, -0.15) is 13.2 Å². The number of alkyl halides is 3. The number of alkyl carbamates (subject to hydrolysis) is 1. The van der Waals surface area contributed by atoms with Crippen LogP contribution >= 0.6 is 11.3 Å². The van der Waals surface area contributed by atoms with Gasteiger partial charge in [0.1, 0.15) is 11.6 Å². The van der Waals surface area contributed by atoms with Crippen LogP contribution in [-0.2, 0) is 28.9 Å². The highest BCUT2D eigenvalue weighted by Crippen LogP contribution is 2.64. The summed E-state index contributed by atoms with van der Waals surface area (Å²) in [5, 5.41) is 7.48. The van der Waals surface area contributed by atoms with Crippen LogP contribution < -0.4 is 16.4 Å². The number of nitrogens with two attached hydrogens (primary N) is 1. The predicted molar refractivity (Wildman–Crippen MR) is 114 cm³/mol. The number of thiazole rings is 1. The van der Waals surface area contributed by atoms with Crippen molar-refractivity contribution in [1.29, 1.82) is 0 Å². The summed E-state index contributed by atoms with van der Waals surface area (Å²) in [6, 6.07) is 3.86. The van der Waals surface area contributed by atoms with Gasteiger partial charge in [0.25, 0.3) is 0 Å². The van der Waals surface area contributed by atoms with Crippen LogP contribution in [0.5, 0.6) is 0 Å². The standard InChI is InChI=1S/C21H22F3N5O4S/c22-21(23,24)14-3-1-2-13(6-14)8-29(16(30)7-27-17(25)31)20-10-19(11-20,12-20)28-18(32)33-9-15-26-4-5-34-15/h1-6H,7-12H2,(H,28,32)(H3,25,27,31). The Morgan fingerprint density at radius 2 is 1.97 bits per heavy atom. The number of nitrogens with one attached hydrogen (secondary N) is 2. The second-order valence-corrected chi connectivity index (χ2v) is 9.54. The maximum absolute atomic E-state index is 13.1. The summed E-state index contributed by atoms with van der Waals surface area (Å²) < 4.78 is 44.5. The van der Waals surface area contributed by atoms with Gasteiger partial charge in [0, 0.05) is 18.1 Å². The largest absolute Gasteiger partial charge is 0.442 e. The fraction of sp³-hybridized carbons (Fsp3) is 0.429. The van der Waals surface area contributed by atoms with Crippen molar-refractivity contribution in [3.8, 4) is 0 Å². The number of hydrogen-bond acceptors (Lipinski definition) is 6. The Morgan fingerprint density at radius 1 is 1.24 bits per heavy atom. The number of ether oxygens (including phenoxy) is 1. The van der Waals surface area contributed by atoms with E-state index in [0.29, 0.717) is 29.8 Å². The van der Waals surface area contributed by atoms with E-state index >= 15 is 0 Å². The lowest BCUT2D eigenvalue weighted by Gasteiger charge is -2.73. The summed E-state index contributed by atoms with van der Waals surface area (Å²) in [7, 11) is 0. The molecule has 1 heterocycles. The Bertz CT molecular complexity index is 1070. The maximum atomic E-state index is 13.1. The number of benzene rings is 1. The van der Waals surface area contributed by atoms with Crippen LogP contribution in [0, 0.1) is 0 Å². The third-order valence-electron chi connectivity index (χ3n) is 6.06. The van der Waals surface area contributed by atoms with E-state index in [0.717, 1.165) is 12.1 Å². The monoisotopic (exact) mass is 497 g/mol. The van der Waals surface area contributed by atoms with Gasteiger partial charge in [-0.1, -0.05) is 12.1 Å². The van der Waals surface area contributed by atoms with Gasteiger partial charge in [0.2, 0.25) is 5.91 Å². The van der Waals surface area contributed by atoms with E-state index in [4.69, 9.17) is 10.5 Å². The van der Waals surface area contributed by atoms with Crippen molar-refractivity contribution in [2.24, 2.45) is 5.73 Å². The number of urea groups is 1. The highest BCUT2D eigenvalue weighted by atomic mass is 32.1. The molecule has 13 heteroatoms. The lowest BCUT2D eigenvalue weighted by atomic mass is 9.43. The van der Waals surface area contributed by atoms with Gasteiger partial charge < -0.3 is 26.0 Å². The number of amides is 4. The van der Waals surface area contributed by atoms with E-state index in [1.54, 1.807) is 11.6 Å². The highest BCUT2D eigenvalue weighted by Gasteiger charge is 2.72. The predicted octanol–water partition coefficient (Wildman–Crippen LogP) is 2.76. The average molecular weight is 497 g/mol. The number of nitrogens with zero attached hydrogens (tertiary/aromatic N) is 2. The van der Waals surface area contributed by atoms with Gasteiger partial charge in [-0.3, -0.25) is 4.79 Å². The van der Waals surface area contributed by atoms with Crippen molar-refractivity contribution in [3.63, 3.8) is 0 Å². The number of carbonyl (C=O) groups excluding carboxylic acids is 3. The first-order chi connectivity index (χ1) is 16.0. The molecule has 34 heavy (non-hydrogen) atoms. The lowest BCUT2D eigenvalue weighted by molar-refractivity contribution is -0.189. The van der Waals surface area contributed by atoms with Crippen LogP contribution in [0.15, 0.2) is 35.8 Å². The minimum absolute atomic E-state index is 0.0453. The third kappa shape index (κ3) is 4.93. The van der Waals surface area contributed by atoms with Crippen LogP contribution in [0.25, 0.3) is 0 Å². The minimum Gasteiger partial charge on any atom is -0.442 e. The molecule has 3 fully saturated rings. The lowest BCUT2D eigenvalue weighted by Crippen LogP contribution is -2.84. The van der Waals surface area contributed by atoms with Crippen molar-refractivity contribution in [2.45, 2.75) is 49.7 Å². The van der Waals surface area contributed by atoms with Crippen molar-refractivity contribution in [2.75, 3.05) is 6.54 Å². The Hall–Kier alpha value is -3.35. The molecule has 9 nitrogen and oxygen atoms in total. The van der Waals surface area contributed by atoms with Crippen molar-refractivity contribution in [3.05, 3.63) is 52.0 Å². The van der Waals surface area contributed by atoms with Gasteiger partial charge in [-0.05, 0) is 37.0 Å². The molecule has 3 saturated carbocycles. The Balaban J connectivity index is 1.41. The van der Waals surface area contributed by atoms with E-state index in [1.165, 1.54) is 28.4 Å². The van der Waals surface area contributed by atoms with Gasteiger partial charge in [0.15, 0.2) is 0 Å². The zero-order valence-corrected chi connectivity index (χ0v) is 18.7. The molecule has 0 saturated heterocycles. The zero-order chi connectivity index (χ0) is 24.6. The molecule has 0 unspecified atom stereocenters. The van der Waals surface area contributed by atoms with E-state index < -0.39 is 40.8 Å². The normalized spacial score (nSPS) is 22.7. The molecule has 0 radical (unpaired) electrons. The van der Waals surface area contributed by atoms with Crippen LogP contribution in [0.3, 0.4) is 0 Å². The summed E-state index contributed by atoms with van der Waals surface area (Å²) in [5.41, 5.74) is 3.37. The molecule has 1 aromatic carbocycles. The van der Waals surface area contributed by atoms with Gasteiger partial charge >= 0.3 is 18.3 Å². The number of hydrogen-bond donors (Lipinski definition) is 3. The molecule has 4 N–H and O–H groups in total. The fourth-order valence-corrected chi connectivity index (χ4v) is 5.19. The molecule has 0 aliphatic heterocycles. The fourth-order valence-electron chi connectivity index (χ4n) is 4.66. The third-order valence-corrected chi connectivity index (χ3v) is 6.82. The highest BCUT2D eigenvalue weighted by molar-refractivity contribution is 7.09. The smallest absolute Gasteiger partial charge is 0.416 e. The number of aromatic nitrogens is 1. The molecule has 3 aliphatic rings. The van der Waals surface area contributed by atoms with E-state index in [-0.39, 0.29) is 19.7 Å². The molecule has 182 valence electrons. The number of carbonyl (C=O) groups is 3. The molecule has 0 spiro atoms. The summed E-state index contributed by atoms with van der Waals surface area (Å²) in [5.74, 6) is -0.476. The Morgan fingerprint density at radius 3 is 2.59 bits per heavy atom. The summed E-state index contributed by atoms with van der Waals surface area (Å²) in [6.07, 6.45) is -2.24. The summed E-state index contributed by atoms with van der Waals surface area (Å²) in [4.78, 5) is 41.6. The molecule has 2 bridgehead atoms. The minimum atomic E-state index is -4.51. The second kappa shape index (κ2) is 8.78. The molecule has 2 aromatic rings. The van der Waals surface area contributed by atoms with E-state index in [2.05, 4.69) is 15.6 Å². The quantitative estimate of drug-likeness (QED) is 0.517. The number of primary amides is 1. The molecular weight excluding hydrogens is 475 g/mol. The van der Waals surface area contributed by atoms with Gasteiger partial charge in [0.05, 0.1) is 23.2 Å². The molecule has 5 rings (SSSR count). The SMILES string of the molecule is NC(=O)NCC(=O)N(Cc1cccc(C(F)(F)F)c1)C12CC(NC(=O)OCc3nccs3)(C1)C2. The van der Waals surface area contributed by atoms with E-state index in [1.807, 2.05) is 0 Å². The average Bonchev–Trinajstić information content (AvgIpc) is 3.24. The molecule has 0 atom stereocenters. The van der Waals surface area contributed by atoms with E-state index in [9.17, 15) is 27.6 Å². The Labute approximate surface area is 196 Å². The maximum Gasteiger partial charge on any atom is 0.416 e. The van der Waals surface area contributed by atoms with Crippen LogP contribution in [0.1, 0.15) is 35.4 Å². The summed E-state index contributed by atoms with van der Waals surface area (Å²) in [6.45, 7) is -0.413. The first-order valence-corrected chi connectivity index (χ1v) is 11.2. The first-order valence-electron chi connectivity index (χ1n) is 10.3. The number of rotatable bonds is 8. The van der Waals surface area contributed by atoms with Crippen LogP contribution in [-0.4, -0.2) is 45.5 Å². The molecule has 1 aromatic heterocycles. The summed E-state index contributed by atoms with van der Waals surface area (Å²) >= 11 is 1.36. The van der Waals surface area contributed by atoms with Crippen LogP contribution in [0.4, 0.5) is 22.8 Å². The topological polar surface area (TPSA) is 127 Å². The van der Waals surface area contributed by atoms with Crippen molar-refractivity contribution >= 4 is 29.4 Å². The number of halogens is 3. The molecule has 4 amide bonds. The molecule has 3 aliphatic carbocycles. The first kappa shape index (κ1) is 23.8. The molecular formula is C21H22F3N5O4S.